The summed E-state index contributed by atoms with van der Waals surface area (Å²) >= 11 is 9.21. The van der Waals surface area contributed by atoms with Crippen molar-refractivity contribution in [2.75, 3.05) is 18.2 Å². The third-order valence-corrected chi connectivity index (χ3v) is 7.69. The number of anilines is 1. The number of carbonyl (C=O) groups is 1. The van der Waals surface area contributed by atoms with Gasteiger partial charge in [0.15, 0.2) is 11.0 Å². The Morgan fingerprint density at radius 1 is 1.47 bits per heavy atom. The van der Waals surface area contributed by atoms with Crippen LogP contribution in [0.4, 0.5) is 5.69 Å². The molecule has 0 saturated heterocycles. The van der Waals surface area contributed by atoms with E-state index in [4.69, 9.17) is 16.3 Å². The summed E-state index contributed by atoms with van der Waals surface area (Å²) in [7, 11) is 1.55. The van der Waals surface area contributed by atoms with E-state index in [0.717, 1.165) is 30.1 Å². The Hall–Kier alpha value is -2.29. The molecule has 1 unspecified atom stereocenters. The highest BCUT2D eigenvalue weighted by atomic mass is 35.5. The summed E-state index contributed by atoms with van der Waals surface area (Å²) in [6, 6.07) is 5.11. The zero-order chi connectivity index (χ0) is 22.7. The van der Waals surface area contributed by atoms with Gasteiger partial charge in [0.1, 0.15) is 5.75 Å². The molecule has 1 amide bonds. The molecule has 2 aromatic heterocycles. The number of amides is 1. The first kappa shape index (κ1) is 22.9. The number of hydrogen-bond donors (Lipinski definition) is 1. The summed E-state index contributed by atoms with van der Waals surface area (Å²) in [5, 5.41) is 15.1. The van der Waals surface area contributed by atoms with E-state index < -0.39 is 0 Å². The Balaban J connectivity index is 1.51. The molecule has 0 radical (unpaired) electrons. The van der Waals surface area contributed by atoms with Crippen LogP contribution in [0.3, 0.4) is 0 Å². The molecule has 168 valence electrons. The Morgan fingerprint density at radius 3 is 3.09 bits per heavy atom. The molecule has 6 nitrogen and oxygen atoms in total. The fraction of sp³-hybridized carbons (Fsp3) is 0.348. The number of rotatable bonds is 8. The van der Waals surface area contributed by atoms with Gasteiger partial charge in [-0.3, -0.25) is 9.36 Å². The van der Waals surface area contributed by atoms with Gasteiger partial charge >= 0.3 is 0 Å². The van der Waals surface area contributed by atoms with Crippen LogP contribution in [0.25, 0.3) is 11.4 Å². The fourth-order valence-electron chi connectivity index (χ4n) is 3.85. The van der Waals surface area contributed by atoms with Crippen molar-refractivity contribution in [1.82, 2.24) is 14.8 Å². The summed E-state index contributed by atoms with van der Waals surface area (Å²) < 4.78 is 7.33. The minimum absolute atomic E-state index is 0.174. The number of ether oxygens (including phenoxy) is 1. The smallest absolute Gasteiger partial charge is 0.234 e. The summed E-state index contributed by atoms with van der Waals surface area (Å²) in [6.07, 6.45) is 5.22. The lowest BCUT2D eigenvalue weighted by atomic mass is 9.88. The topological polar surface area (TPSA) is 69.0 Å². The van der Waals surface area contributed by atoms with Crippen molar-refractivity contribution in [3.63, 3.8) is 0 Å². The van der Waals surface area contributed by atoms with Crippen molar-refractivity contribution in [2.24, 2.45) is 5.92 Å². The molecule has 1 aromatic carbocycles. The van der Waals surface area contributed by atoms with Crippen LogP contribution in [-0.2, 0) is 24.2 Å². The third-order valence-electron chi connectivity index (χ3n) is 5.44. The minimum Gasteiger partial charge on any atom is -0.495 e. The van der Waals surface area contributed by atoms with Gasteiger partial charge < -0.3 is 10.1 Å². The highest BCUT2D eigenvalue weighted by Crippen LogP contribution is 2.38. The number of methoxy groups -OCH3 is 1. The van der Waals surface area contributed by atoms with Gasteiger partial charge in [0, 0.05) is 27.4 Å². The second kappa shape index (κ2) is 10.1. The lowest BCUT2D eigenvalue weighted by Crippen LogP contribution is -2.15. The second-order valence-corrected chi connectivity index (χ2v) is 10.1. The van der Waals surface area contributed by atoms with Crippen LogP contribution >= 0.6 is 34.7 Å². The van der Waals surface area contributed by atoms with Gasteiger partial charge in [-0.1, -0.05) is 36.4 Å². The van der Waals surface area contributed by atoms with E-state index in [1.54, 1.807) is 25.3 Å². The summed E-state index contributed by atoms with van der Waals surface area (Å²) in [4.78, 5) is 14.0. The van der Waals surface area contributed by atoms with Gasteiger partial charge in [-0.15, -0.1) is 28.1 Å². The predicted octanol–water partition coefficient (Wildman–Crippen LogP) is 5.71. The number of thioether (sulfide) groups is 1. The molecule has 1 atom stereocenters. The number of nitrogens with one attached hydrogen (secondary N) is 1. The Labute approximate surface area is 201 Å². The highest BCUT2D eigenvalue weighted by molar-refractivity contribution is 7.99. The first-order chi connectivity index (χ1) is 15.5. The highest BCUT2D eigenvalue weighted by Gasteiger charge is 2.24. The van der Waals surface area contributed by atoms with Gasteiger partial charge in [0.25, 0.3) is 0 Å². The normalized spacial score (nSPS) is 15.3. The molecule has 0 spiro atoms. The zero-order valence-corrected chi connectivity index (χ0v) is 20.4. The number of benzene rings is 1. The van der Waals surface area contributed by atoms with Crippen LogP contribution in [-0.4, -0.2) is 33.5 Å². The van der Waals surface area contributed by atoms with Crippen molar-refractivity contribution >= 4 is 46.3 Å². The maximum Gasteiger partial charge on any atom is 0.234 e. The molecular weight excluding hydrogens is 464 g/mol. The second-order valence-electron chi connectivity index (χ2n) is 7.79. The SMILES string of the molecule is C=CCn1c(SCC(=O)Nc2cc(Cl)ccc2OC)nnc1-c1csc2c1CCC(C)C2. The Kier molecular flexibility index (Phi) is 7.23. The van der Waals surface area contributed by atoms with Crippen molar-refractivity contribution in [2.45, 2.75) is 37.9 Å². The summed E-state index contributed by atoms with van der Waals surface area (Å²) in [5.41, 5.74) is 3.09. The third kappa shape index (κ3) is 4.87. The van der Waals surface area contributed by atoms with E-state index in [-0.39, 0.29) is 11.7 Å². The first-order valence-corrected chi connectivity index (χ1v) is 12.6. The number of halogens is 1. The van der Waals surface area contributed by atoms with Crippen molar-refractivity contribution in [1.29, 1.82) is 0 Å². The van der Waals surface area contributed by atoms with Gasteiger partial charge in [-0.2, -0.15) is 0 Å². The van der Waals surface area contributed by atoms with E-state index >= 15 is 0 Å². The molecule has 1 N–H and O–H groups in total. The lowest BCUT2D eigenvalue weighted by molar-refractivity contribution is -0.113. The van der Waals surface area contributed by atoms with Crippen LogP contribution < -0.4 is 10.1 Å². The van der Waals surface area contributed by atoms with Crippen LogP contribution in [0.15, 0.2) is 41.4 Å². The van der Waals surface area contributed by atoms with Crippen LogP contribution in [0, 0.1) is 5.92 Å². The van der Waals surface area contributed by atoms with E-state index in [1.165, 1.54) is 28.6 Å². The quantitative estimate of drug-likeness (QED) is 0.325. The van der Waals surface area contributed by atoms with Gasteiger partial charge in [0.2, 0.25) is 5.91 Å². The zero-order valence-electron chi connectivity index (χ0n) is 18.1. The van der Waals surface area contributed by atoms with Crippen molar-refractivity contribution in [3.05, 3.63) is 51.7 Å². The lowest BCUT2D eigenvalue weighted by Gasteiger charge is -2.19. The largest absolute Gasteiger partial charge is 0.495 e. The first-order valence-electron chi connectivity index (χ1n) is 10.4. The van der Waals surface area contributed by atoms with Gasteiger partial charge in [-0.05, 0) is 48.9 Å². The average molecular weight is 489 g/mol. The average Bonchev–Trinajstić information content (AvgIpc) is 3.36. The molecule has 1 aliphatic carbocycles. The number of nitrogens with zero attached hydrogens (tertiary/aromatic N) is 3. The van der Waals surface area contributed by atoms with Crippen LogP contribution in [0.2, 0.25) is 5.02 Å². The number of carbonyl (C=O) groups excluding carboxylic acids is 1. The molecule has 2 heterocycles. The van der Waals surface area contributed by atoms with E-state index in [2.05, 4.69) is 34.4 Å². The molecule has 32 heavy (non-hydrogen) atoms. The number of allylic oxidation sites excluding steroid dienone is 1. The molecule has 1 aliphatic rings. The maximum absolute atomic E-state index is 12.6. The molecule has 4 rings (SSSR count). The number of aromatic nitrogens is 3. The number of hydrogen-bond acceptors (Lipinski definition) is 6. The maximum atomic E-state index is 12.6. The van der Waals surface area contributed by atoms with Crippen LogP contribution in [0.1, 0.15) is 23.8 Å². The molecule has 9 heteroatoms. The van der Waals surface area contributed by atoms with Crippen molar-refractivity contribution < 1.29 is 9.53 Å². The molecule has 0 saturated carbocycles. The predicted molar refractivity (Wildman–Crippen MR) is 132 cm³/mol. The van der Waals surface area contributed by atoms with Crippen LogP contribution in [0.5, 0.6) is 5.75 Å². The summed E-state index contributed by atoms with van der Waals surface area (Å²) in [5.74, 6) is 2.14. The molecule has 0 bridgehead atoms. The van der Waals surface area contributed by atoms with E-state index in [9.17, 15) is 4.79 Å². The molecule has 3 aromatic rings. The Morgan fingerprint density at radius 2 is 2.31 bits per heavy atom. The summed E-state index contributed by atoms with van der Waals surface area (Å²) in [6.45, 7) is 6.77. The van der Waals surface area contributed by atoms with E-state index in [1.807, 2.05) is 22.0 Å². The molecule has 0 aliphatic heterocycles. The fourth-order valence-corrected chi connectivity index (χ4v) is 6.01. The number of thiophene rings is 1. The van der Waals surface area contributed by atoms with Gasteiger partial charge in [0.05, 0.1) is 18.6 Å². The Bertz CT molecular complexity index is 1140. The molecular formula is C23H25ClN4O2S2. The van der Waals surface area contributed by atoms with Crippen molar-refractivity contribution in [3.8, 4) is 17.1 Å². The van der Waals surface area contributed by atoms with E-state index in [0.29, 0.717) is 28.2 Å². The van der Waals surface area contributed by atoms with Gasteiger partial charge in [-0.25, -0.2) is 0 Å². The monoisotopic (exact) mass is 488 g/mol. The molecule has 0 fully saturated rings. The number of fused-ring (bicyclic) bond motifs is 1. The standard InChI is InChI=1S/C23H25ClN4O2S2/c1-4-9-28-22(17-12-31-20-10-14(2)5-7-16(17)20)26-27-23(28)32-13-21(29)25-18-11-15(24)6-8-19(18)30-3/h4,6,8,11-12,14H,1,5,7,9-10,13H2,2-3H3,(H,25,29). The minimum atomic E-state index is -0.174.